The van der Waals surface area contributed by atoms with Gasteiger partial charge in [0, 0.05) is 5.69 Å². The lowest BCUT2D eigenvalue weighted by Gasteiger charge is -2.12. The first-order chi connectivity index (χ1) is 12.2. The number of hydrogen-bond acceptors (Lipinski definition) is 4. The Balaban J connectivity index is 1.98. The summed E-state index contributed by atoms with van der Waals surface area (Å²) in [5.41, 5.74) is 2.67. The summed E-state index contributed by atoms with van der Waals surface area (Å²) < 4.78 is 32.4. The van der Waals surface area contributed by atoms with Crippen LogP contribution >= 0.6 is 0 Å². The predicted octanol–water partition coefficient (Wildman–Crippen LogP) is 3.01. The largest absolute Gasteiger partial charge is 0.491 e. The van der Waals surface area contributed by atoms with Crippen molar-refractivity contribution in [2.45, 2.75) is 38.7 Å². The van der Waals surface area contributed by atoms with Crippen molar-refractivity contribution >= 4 is 21.6 Å². The lowest BCUT2D eigenvalue weighted by Crippen LogP contribution is -2.33. The van der Waals surface area contributed by atoms with Crippen LogP contribution in [0.5, 0.6) is 5.75 Å². The normalized spacial score (nSPS) is 11.4. The van der Waals surface area contributed by atoms with Crippen LogP contribution in [0.4, 0.5) is 5.69 Å². The Morgan fingerprint density at radius 2 is 1.73 bits per heavy atom. The standard InChI is InChI=1S/C19H24N2O4S/c1-13(2)25-16-8-10-17(11-9-16)26(23,24)20-12-19(22)21-18-7-5-6-14(3)15(18)4/h5-11,13,20H,12H2,1-4H3,(H,21,22). The van der Waals surface area contributed by atoms with Gasteiger partial charge in [0.15, 0.2) is 0 Å². The van der Waals surface area contributed by atoms with Crippen molar-refractivity contribution in [2.24, 2.45) is 0 Å². The number of hydrogen-bond donors (Lipinski definition) is 2. The molecule has 0 bridgehead atoms. The van der Waals surface area contributed by atoms with Gasteiger partial charge >= 0.3 is 0 Å². The number of nitrogens with one attached hydrogen (secondary N) is 2. The molecule has 0 aliphatic carbocycles. The molecule has 0 aliphatic rings. The zero-order valence-corrected chi connectivity index (χ0v) is 16.2. The van der Waals surface area contributed by atoms with E-state index in [9.17, 15) is 13.2 Å². The minimum atomic E-state index is -3.78. The van der Waals surface area contributed by atoms with E-state index < -0.39 is 15.9 Å². The maximum absolute atomic E-state index is 12.3. The molecule has 2 aromatic carbocycles. The van der Waals surface area contributed by atoms with Crippen LogP contribution in [0.3, 0.4) is 0 Å². The Morgan fingerprint density at radius 3 is 2.35 bits per heavy atom. The van der Waals surface area contributed by atoms with Crippen LogP contribution in [0.25, 0.3) is 0 Å². The number of sulfonamides is 1. The summed E-state index contributed by atoms with van der Waals surface area (Å²) in [4.78, 5) is 12.1. The first-order valence-corrected chi connectivity index (χ1v) is 9.80. The molecule has 0 heterocycles. The molecule has 0 radical (unpaired) electrons. The highest BCUT2D eigenvalue weighted by molar-refractivity contribution is 7.89. The number of benzene rings is 2. The van der Waals surface area contributed by atoms with Crippen molar-refractivity contribution in [2.75, 3.05) is 11.9 Å². The van der Waals surface area contributed by atoms with E-state index in [2.05, 4.69) is 10.0 Å². The molecular formula is C19H24N2O4S. The summed E-state index contributed by atoms with van der Waals surface area (Å²) >= 11 is 0. The fraction of sp³-hybridized carbons (Fsp3) is 0.316. The Morgan fingerprint density at radius 1 is 1.08 bits per heavy atom. The van der Waals surface area contributed by atoms with Gasteiger partial charge in [-0.15, -0.1) is 0 Å². The van der Waals surface area contributed by atoms with Crippen LogP contribution in [0.1, 0.15) is 25.0 Å². The maximum Gasteiger partial charge on any atom is 0.241 e. The average molecular weight is 376 g/mol. The predicted molar refractivity (Wildman–Crippen MR) is 102 cm³/mol. The van der Waals surface area contributed by atoms with Crippen molar-refractivity contribution < 1.29 is 17.9 Å². The van der Waals surface area contributed by atoms with Crippen LogP contribution < -0.4 is 14.8 Å². The van der Waals surface area contributed by atoms with E-state index in [1.165, 1.54) is 12.1 Å². The first kappa shape index (κ1) is 19.9. The molecule has 0 fully saturated rings. The Bertz CT molecular complexity index is 875. The molecule has 0 unspecified atom stereocenters. The van der Waals surface area contributed by atoms with Crippen LogP contribution in [0.15, 0.2) is 47.4 Å². The molecule has 2 aromatic rings. The maximum atomic E-state index is 12.3. The van der Waals surface area contributed by atoms with Gasteiger partial charge in [-0.2, -0.15) is 0 Å². The highest BCUT2D eigenvalue weighted by Crippen LogP contribution is 2.18. The molecule has 140 valence electrons. The fourth-order valence-corrected chi connectivity index (χ4v) is 3.28. The second-order valence-corrected chi connectivity index (χ2v) is 8.03. The number of rotatable bonds is 7. The molecule has 0 saturated carbocycles. The van der Waals surface area contributed by atoms with E-state index in [0.29, 0.717) is 11.4 Å². The average Bonchev–Trinajstić information content (AvgIpc) is 2.57. The van der Waals surface area contributed by atoms with Gasteiger partial charge in [-0.3, -0.25) is 4.79 Å². The minimum Gasteiger partial charge on any atom is -0.491 e. The third-order valence-corrected chi connectivity index (χ3v) is 5.22. The van der Waals surface area contributed by atoms with Crippen molar-refractivity contribution in [1.82, 2.24) is 4.72 Å². The third-order valence-electron chi connectivity index (χ3n) is 3.81. The summed E-state index contributed by atoms with van der Waals surface area (Å²) in [5, 5.41) is 2.72. The second-order valence-electron chi connectivity index (χ2n) is 6.26. The number of ether oxygens (including phenoxy) is 1. The fourth-order valence-electron chi connectivity index (χ4n) is 2.29. The molecule has 6 nitrogen and oxygen atoms in total. The third kappa shape index (κ3) is 5.31. The van der Waals surface area contributed by atoms with Crippen LogP contribution in [-0.2, 0) is 14.8 Å². The number of carbonyl (C=O) groups is 1. The molecule has 0 aliphatic heterocycles. The highest BCUT2D eigenvalue weighted by atomic mass is 32.2. The van der Waals surface area contributed by atoms with Gasteiger partial charge in [0.25, 0.3) is 0 Å². The molecule has 2 N–H and O–H groups in total. The topological polar surface area (TPSA) is 84.5 Å². The molecule has 7 heteroatoms. The molecule has 0 aromatic heterocycles. The second kappa shape index (κ2) is 8.33. The highest BCUT2D eigenvalue weighted by Gasteiger charge is 2.16. The van der Waals surface area contributed by atoms with Crippen LogP contribution in [0, 0.1) is 13.8 Å². The number of anilines is 1. The van der Waals surface area contributed by atoms with Gasteiger partial charge < -0.3 is 10.1 Å². The monoisotopic (exact) mass is 376 g/mol. The summed E-state index contributed by atoms with van der Waals surface area (Å²) in [5.74, 6) is 0.161. The van der Waals surface area contributed by atoms with Gasteiger partial charge in [0.05, 0.1) is 17.5 Å². The summed E-state index contributed by atoms with van der Waals surface area (Å²) in [7, 11) is -3.78. The molecule has 0 spiro atoms. The Kier molecular flexibility index (Phi) is 6.39. The summed E-state index contributed by atoms with van der Waals surface area (Å²) in [6.07, 6.45) is 0.00404. The quantitative estimate of drug-likeness (QED) is 0.778. The van der Waals surface area contributed by atoms with Gasteiger partial charge in [-0.1, -0.05) is 12.1 Å². The van der Waals surface area contributed by atoms with Gasteiger partial charge in [0.2, 0.25) is 15.9 Å². The van der Waals surface area contributed by atoms with Crippen molar-refractivity contribution in [3.63, 3.8) is 0 Å². The van der Waals surface area contributed by atoms with E-state index in [-0.39, 0.29) is 17.5 Å². The van der Waals surface area contributed by atoms with Gasteiger partial charge in [-0.05, 0) is 69.2 Å². The lowest BCUT2D eigenvalue weighted by atomic mass is 10.1. The van der Waals surface area contributed by atoms with Crippen molar-refractivity contribution in [1.29, 1.82) is 0 Å². The molecular weight excluding hydrogens is 352 g/mol. The van der Waals surface area contributed by atoms with E-state index in [4.69, 9.17) is 4.74 Å². The Labute approximate surface area is 154 Å². The van der Waals surface area contributed by atoms with E-state index in [1.807, 2.05) is 39.8 Å². The zero-order chi connectivity index (χ0) is 19.3. The summed E-state index contributed by atoms with van der Waals surface area (Å²) in [6.45, 7) is 7.28. The SMILES string of the molecule is Cc1cccc(NC(=O)CNS(=O)(=O)c2ccc(OC(C)C)cc2)c1C. The van der Waals surface area contributed by atoms with Gasteiger partial charge in [0.1, 0.15) is 5.75 Å². The number of amides is 1. The van der Waals surface area contributed by atoms with Crippen molar-refractivity contribution in [3.05, 3.63) is 53.6 Å². The lowest BCUT2D eigenvalue weighted by molar-refractivity contribution is -0.115. The molecule has 26 heavy (non-hydrogen) atoms. The molecule has 2 rings (SSSR count). The smallest absolute Gasteiger partial charge is 0.241 e. The number of carbonyl (C=O) groups excluding carboxylic acids is 1. The van der Waals surface area contributed by atoms with E-state index >= 15 is 0 Å². The zero-order valence-electron chi connectivity index (χ0n) is 15.4. The molecule has 1 amide bonds. The van der Waals surface area contributed by atoms with Gasteiger partial charge in [-0.25, -0.2) is 13.1 Å². The molecule has 0 saturated heterocycles. The van der Waals surface area contributed by atoms with Crippen molar-refractivity contribution in [3.8, 4) is 5.75 Å². The van der Waals surface area contributed by atoms with E-state index in [1.54, 1.807) is 18.2 Å². The van der Waals surface area contributed by atoms with E-state index in [0.717, 1.165) is 11.1 Å². The minimum absolute atomic E-state index is 0.00404. The molecule has 0 atom stereocenters. The Hall–Kier alpha value is -2.38. The summed E-state index contributed by atoms with van der Waals surface area (Å²) in [6, 6.07) is 11.6. The van der Waals surface area contributed by atoms with Crippen LogP contribution in [-0.4, -0.2) is 27.0 Å². The number of aryl methyl sites for hydroxylation is 1. The van der Waals surface area contributed by atoms with Crippen LogP contribution in [0.2, 0.25) is 0 Å². The first-order valence-electron chi connectivity index (χ1n) is 8.31.